The standard InChI is InChI=1S/C21H18FNO2S/c22-17-8-3-6-15(11-17)20(24)16-7-4-10-23(13-16)21(25)19-12-14-5-1-2-9-18(14)26-19/h1-3,5-6,8-9,11-12,16H,4,7,10,13H2. The molecule has 1 unspecified atom stereocenters. The lowest BCUT2D eigenvalue weighted by molar-refractivity contribution is 0.0641. The third-order valence-electron chi connectivity index (χ3n) is 4.82. The first-order valence-corrected chi connectivity index (χ1v) is 9.51. The van der Waals surface area contributed by atoms with Crippen molar-refractivity contribution in [3.63, 3.8) is 0 Å². The van der Waals surface area contributed by atoms with Crippen LogP contribution >= 0.6 is 11.3 Å². The van der Waals surface area contributed by atoms with Gasteiger partial charge in [-0.3, -0.25) is 9.59 Å². The van der Waals surface area contributed by atoms with Crippen molar-refractivity contribution in [1.29, 1.82) is 0 Å². The molecule has 0 aliphatic carbocycles. The van der Waals surface area contributed by atoms with Crippen molar-refractivity contribution < 1.29 is 14.0 Å². The molecule has 0 bridgehead atoms. The molecule has 3 nitrogen and oxygen atoms in total. The lowest BCUT2D eigenvalue weighted by Gasteiger charge is -2.31. The van der Waals surface area contributed by atoms with E-state index in [1.165, 1.54) is 23.5 Å². The summed E-state index contributed by atoms with van der Waals surface area (Å²) >= 11 is 1.48. The highest BCUT2D eigenvalue weighted by molar-refractivity contribution is 7.20. The van der Waals surface area contributed by atoms with E-state index in [1.54, 1.807) is 17.0 Å². The number of benzene rings is 2. The number of hydrogen-bond acceptors (Lipinski definition) is 3. The first-order chi connectivity index (χ1) is 12.6. The number of piperidine rings is 1. The van der Waals surface area contributed by atoms with Crippen molar-refractivity contribution in [1.82, 2.24) is 4.90 Å². The third kappa shape index (κ3) is 3.27. The molecule has 1 atom stereocenters. The van der Waals surface area contributed by atoms with Crippen LogP contribution in [0, 0.1) is 11.7 Å². The molecule has 1 aliphatic heterocycles. The van der Waals surface area contributed by atoms with Crippen molar-refractivity contribution >= 4 is 33.1 Å². The van der Waals surface area contributed by atoms with E-state index in [-0.39, 0.29) is 17.6 Å². The lowest BCUT2D eigenvalue weighted by Crippen LogP contribution is -2.42. The van der Waals surface area contributed by atoms with Crippen LogP contribution in [0.4, 0.5) is 4.39 Å². The van der Waals surface area contributed by atoms with E-state index in [0.29, 0.717) is 23.5 Å². The van der Waals surface area contributed by atoms with Gasteiger partial charge in [0, 0.05) is 29.3 Å². The van der Waals surface area contributed by atoms with Crippen molar-refractivity contribution in [2.45, 2.75) is 12.8 Å². The molecule has 2 heterocycles. The van der Waals surface area contributed by atoms with Gasteiger partial charge in [-0.15, -0.1) is 11.3 Å². The van der Waals surface area contributed by atoms with Gasteiger partial charge in [0.25, 0.3) is 5.91 Å². The molecular weight excluding hydrogens is 349 g/mol. The SMILES string of the molecule is O=C(c1cccc(F)c1)C1CCCN(C(=O)c2cc3ccccc3s2)C1. The number of Topliss-reactive ketones (excluding diaryl/α,β-unsaturated/α-hetero) is 1. The molecule has 1 amide bonds. The first kappa shape index (κ1) is 16.9. The summed E-state index contributed by atoms with van der Waals surface area (Å²) in [6.07, 6.45) is 1.51. The summed E-state index contributed by atoms with van der Waals surface area (Å²) in [6.45, 7) is 1.04. The van der Waals surface area contributed by atoms with Gasteiger partial charge in [-0.2, -0.15) is 0 Å². The number of carbonyl (C=O) groups excluding carboxylic acids is 2. The van der Waals surface area contributed by atoms with Gasteiger partial charge in [0.1, 0.15) is 5.82 Å². The molecule has 0 saturated carbocycles. The van der Waals surface area contributed by atoms with Crippen LogP contribution in [0.5, 0.6) is 0 Å². The van der Waals surface area contributed by atoms with Gasteiger partial charge >= 0.3 is 0 Å². The zero-order valence-electron chi connectivity index (χ0n) is 14.2. The topological polar surface area (TPSA) is 37.4 Å². The van der Waals surface area contributed by atoms with Crippen molar-refractivity contribution in [3.8, 4) is 0 Å². The number of nitrogens with zero attached hydrogens (tertiary/aromatic N) is 1. The quantitative estimate of drug-likeness (QED) is 0.625. The molecule has 1 saturated heterocycles. The average molecular weight is 367 g/mol. The average Bonchev–Trinajstić information content (AvgIpc) is 3.11. The molecule has 1 aliphatic rings. The molecule has 132 valence electrons. The van der Waals surface area contributed by atoms with E-state index in [9.17, 15) is 14.0 Å². The number of ketones is 1. The summed E-state index contributed by atoms with van der Waals surface area (Å²) in [5.74, 6) is -0.796. The second-order valence-electron chi connectivity index (χ2n) is 6.61. The maximum atomic E-state index is 13.4. The maximum Gasteiger partial charge on any atom is 0.263 e. The fourth-order valence-electron chi connectivity index (χ4n) is 3.50. The molecule has 0 spiro atoms. The summed E-state index contributed by atoms with van der Waals surface area (Å²) in [6, 6.07) is 15.6. The predicted octanol–water partition coefficient (Wildman–Crippen LogP) is 4.78. The molecule has 0 N–H and O–H groups in total. The number of amides is 1. The maximum absolute atomic E-state index is 13.4. The number of rotatable bonds is 3. The van der Waals surface area contributed by atoms with Gasteiger partial charge in [0.15, 0.2) is 5.78 Å². The molecule has 1 fully saturated rings. The minimum absolute atomic E-state index is 0.0251. The van der Waals surface area contributed by atoms with Crippen LogP contribution in [0.25, 0.3) is 10.1 Å². The summed E-state index contributed by atoms with van der Waals surface area (Å²) in [4.78, 5) is 28.0. The highest BCUT2D eigenvalue weighted by Gasteiger charge is 2.30. The smallest absolute Gasteiger partial charge is 0.263 e. The van der Waals surface area contributed by atoms with E-state index in [2.05, 4.69) is 0 Å². The molecule has 26 heavy (non-hydrogen) atoms. The minimum Gasteiger partial charge on any atom is -0.337 e. The molecule has 0 radical (unpaired) electrons. The van der Waals surface area contributed by atoms with Gasteiger partial charge in [0.05, 0.1) is 4.88 Å². The normalized spacial score (nSPS) is 17.4. The Hall–Kier alpha value is -2.53. The number of carbonyl (C=O) groups is 2. The second-order valence-corrected chi connectivity index (χ2v) is 7.70. The van der Waals surface area contributed by atoms with E-state index in [0.717, 1.165) is 22.9 Å². The Kier molecular flexibility index (Phi) is 4.55. The van der Waals surface area contributed by atoms with Gasteiger partial charge in [-0.05, 0) is 42.5 Å². The highest BCUT2D eigenvalue weighted by Crippen LogP contribution is 2.28. The highest BCUT2D eigenvalue weighted by atomic mass is 32.1. The fourth-order valence-corrected chi connectivity index (χ4v) is 4.53. The fraction of sp³-hybridized carbons (Fsp3) is 0.238. The van der Waals surface area contributed by atoms with Crippen molar-refractivity contribution in [2.24, 2.45) is 5.92 Å². The van der Waals surface area contributed by atoms with Crippen LogP contribution in [-0.4, -0.2) is 29.7 Å². The van der Waals surface area contributed by atoms with Crippen molar-refractivity contribution in [2.75, 3.05) is 13.1 Å². The Bertz CT molecular complexity index is 948. The Morgan fingerprint density at radius 2 is 1.92 bits per heavy atom. The van der Waals surface area contributed by atoms with E-state index in [4.69, 9.17) is 0 Å². The molecule has 5 heteroatoms. The van der Waals surface area contributed by atoms with Crippen LogP contribution in [0.3, 0.4) is 0 Å². The Morgan fingerprint density at radius 3 is 2.73 bits per heavy atom. The first-order valence-electron chi connectivity index (χ1n) is 8.69. The zero-order valence-corrected chi connectivity index (χ0v) is 15.0. The van der Waals surface area contributed by atoms with E-state index in [1.807, 2.05) is 30.3 Å². The molecule has 1 aromatic heterocycles. The van der Waals surface area contributed by atoms with Crippen LogP contribution in [-0.2, 0) is 0 Å². The summed E-state index contributed by atoms with van der Waals surface area (Å²) in [7, 11) is 0. The number of fused-ring (bicyclic) bond motifs is 1. The molecular formula is C21H18FNO2S. The van der Waals surface area contributed by atoms with Crippen LogP contribution in [0.15, 0.2) is 54.6 Å². The van der Waals surface area contributed by atoms with Gasteiger partial charge < -0.3 is 4.90 Å². The number of thiophene rings is 1. The van der Waals surface area contributed by atoms with Crippen LogP contribution in [0.2, 0.25) is 0 Å². The summed E-state index contributed by atoms with van der Waals surface area (Å²) < 4.78 is 14.5. The summed E-state index contributed by atoms with van der Waals surface area (Å²) in [5.41, 5.74) is 0.381. The van der Waals surface area contributed by atoms with Crippen LogP contribution < -0.4 is 0 Å². The third-order valence-corrected chi connectivity index (χ3v) is 5.93. The molecule has 2 aromatic carbocycles. The summed E-state index contributed by atoms with van der Waals surface area (Å²) in [5, 5.41) is 1.06. The lowest BCUT2D eigenvalue weighted by atomic mass is 9.90. The van der Waals surface area contributed by atoms with Gasteiger partial charge in [0.2, 0.25) is 0 Å². The zero-order chi connectivity index (χ0) is 18.1. The second kappa shape index (κ2) is 7.00. The Labute approximate surface area is 155 Å². The number of likely N-dealkylation sites (tertiary alicyclic amines) is 1. The van der Waals surface area contributed by atoms with E-state index >= 15 is 0 Å². The largest absolute Gasteiger partial charge is 0.337 e. The number of halogens is 1. The van der Waals surface area contributed by atoms with E-state index < -0.39 is 5.82 Å². The Balaban J connectivity index is 1.52. The monoisotopic (exact) mass is 367 g/mol. The number of hydrogen-bond donors (Lipinski definition) is 0. The van der Waals surface area contributed by atoms with Crippen molar-refractivity contribution in [3.05, 3.63) is 70.9 Å². The molecule has 4 rings (SSSR count). The molecule has 3 aromatic rings. The van der Waals surface area contributed by atoms with Gasteiger partial charge in [-0.25, -0.2) is 4.39 Å². The minimum atomic E-state index is -0.412. The van der Waals surface area contributed by atoms with Crippen LogP contribution in [0.1, 0.15) is 32.9 Å². The predicted molar refractivity (Wildman–Crippen MR) is 101 cm³/mol. The van der Waals surface area contributed by atoms with Gasteiger partial charge in [-0.1, -0.05) is 30.3 Å². The Morgan fingerprint density at radius 1 is 1.08 bits per heavy atom.